The third kappa shape index (κ3) is 2.39. The molecule has 0 aromatic carbocycles. The maximum Gasteiger partial charge on any atom is 0.141 e. The molecule has 1 aromatic rings. The summed E-state index contributed by atoms with van der Waals surface area (Å²) in [5.74, 6) is 2.71. The van der Waals surface area contributed by atoms with Gasteiger partial charge >= 0.3 is 0 Å². The highest BCUT2D eigenvalue weighted by atomic mass is 35.5. The lowest BCUT2D eigenvalue weighted by molar-refractivity contribution is 0.661. The predicted octanol–water partition coefficient (Wildman–Crippen LogP) is 3.17. The van der Waals surface area contributed by atoms with E-state index in [0.29, 0.717) is 11.1 Å². The Morgan fingerprint density at radius 2 is 2.14 bits per heavy atom. The van der Waals surface area contributed by atoms with Crippen molar-refractivity contribution >= 4 is 23.4 Å². The Bertz CT molecular complexity index is 283. The number of aromatic nitrogens is 2. The van der Waals surface area contributed by atoms with E-state index in [1.165, 1.54) is 25.0 Å². The van der Waals surface area contributed by atoms with Gasteiger partial charge in [-0.15, -0.1) is 11.6 Å². The van der Waals surface area contributed by atoms with E-state index in [1.807, 2.05) is 24.2 Å². The first-order chi connectivity index (χ1) is 6.90. The Hall–Kier alpha value is -0.280. The predicted molar refractivity (Wildman–Crippen MR) is 60.6 cm³/mol. The molecule has 2 nitrogen and oxygen atoms in total. The second kappa shape index (κ2) is 4.99. The summed E-state index contributed by atoms with van der Waals surface area (Å²) in [6.45, 7) is 0. The van der Waals surface area contributed by atoms with Crippen LogP contribution in [0.1, 0.15) is 35.9 Å². The van der Waals surface area contributed by atoms with Crippen molar-refractivity contribution in [2.45, 2.75) is 30.4 Å². The van der Waals surface area contributed by atoms with Gasteiger partial charge in [0.15, 0.2) is 0 Å². The van der Waals surface area contributed by atoms with Gasteiger partial charge in [0, 0.05) is 18.0 Å². The minimum Gasteiger partial charge on any atom is -0.240 e. The summed E-state index contributed by atoms with van der Waals surface area (Å²) in [5.41, 5.74) is 0.997. The van der Waals surface area contributed by atoms with Crippen molar-refractivity contribution in [1.29, 1.82) is 0 Å². The molecule has 14 heavy (non-hydrogen) atoms. The van der Waals surface area contributed by atoms with Crippen LogP contribution in [0.25, 0.3) is 0 Å². The van der Waals surface area contributed by atoms with E-state index in [2.05, 4.69) is 9.97 Å². The van der Waals surface area contributed by atoms with Gasteiger partial charge in [0.1, 0.15) is 5.82 Å². The van der Waals surface area contributed by atoms with Crippen LogP contribution in [-0.4, -0.2) is 15.7 Å². The first-order valence-corrected chi connectivity index (χ1v) is 6.47. The third-order valence-corrected chi connectivity index (χ3v) is 4.03. The van der Waals surface area contributed by atoms with Crippen LogP contribution in [-0.2, 0) is 5.88 Å². The van der Waals surface area contributed by atoms with Crippen molar-refractivity contribution in [3.63, 3.8) is 0 Å². The zero-order chi connectivity index (χ0) is 9.80. The van der Waals surface area contributed by atoms with Gasteiger partial charge in [-0.25, -0.2) is 9.97 Å². The monoisotopic (exact) mass is 228 g/mol. The number of hydrogen-bond donors (Lipinski definition) is 0. The van der Waals surface area contributed by atoms with Gasteiger partial charge in [-0.05, 0) is 18.6 Å². The molecule has 2 rings (SSSR count). The van der Waals surface area contributed by atoms with Crippen LogP contribution in [0.3, 0.4) is 0 Å². The molecule has 0 N–H and O–H groups in total. The third-order valence-electron chi connectivity index (χ3n) is 2.35. The molecule has 76 valence electrons. The van der Waals surface area contributed by atoms with Crippen LogP contribution in [0.5, 0.6) is 0 Å². The molecule has 0 aliphatic carbocycles. The second-order valence-corrected chi connectivity index (χ2v) is 5.02. The topological polar surface area (TPSA) is 25.8 Å². The Labute approximate surface area is 93.5 Å². The Morgan fingerprint density at radius 1 is 1.36 bits per heavy atom. The number of halogens is 1. The largest absolute Gasteiger partial charge is 0.240 e. The van der Waals surface area contributed by atoms with E-state index in [1.54, 1.807) is 0 Å². The van der Waals surface area contributed by atoms with Gasteiger partial charge in [-0.3, -0.25) is 0 Å². The summed E-state index contributed by atoms with van der Waals surface area (Å²) in [4.78, 5) is 8.71. The van der Waals surface area contributed by atoms with Gasteiger partial charge < -0.3 is 0 Å². The summed E-state index contributed by atoms with van der Waals surface area (Å²) >= 11 is 7.65. The highest BCUT2D eigenvalue weighted by molar-refractivity contribution is 7.99. The number of alkyl halides is 1. The Balaban J connectivity index is 2.07. The molecule has 4 heteroatoms. The molecule has 1 fully saturated rings. The van der Waals surface area contributed by atoms with Crippen molar-refractivity contribution in [3.05, 3.63) is 23.8 Å². The molecular formula is C10H13ClN2S. The van der Waals surface area contributed by atoms with Crippen molar-refractivity contribution in [3.8, 4) is 0 Å². The highest BCUT2D eigenvalue weighted by Crippen LogP contribution is 2.36. The SMILES string of the molecule is ClCc1cnc(C2CCCCS2)nc1. The summed E-state index contributed by atoms with van der Waals surface area (Å²) in [6, 6.07) is 0. The molecule has 1 unspecified atom stereocenters. The zero-order valence-corrected chi connectivity index (χ0v) is 9.52. The molecule has 0 saturated carbocycles. The summed E-state index contributed by atoms with van der Waals surface area (Å²) < 4.78 is 0. The number of thioether (sulfide) groups is 1. The maximum absolute atomic E-state index is 5.68. The van der Waals surface area contributed by atoms with E-state index in [0.717, 1.165) is 11.4 Å². The fraction of sp³-hybridized carbons (Fsp3) is 0.600. The maximum atomic E-state index is 5.68. The van der Waals surface area contributed by atoms with Crippen LogP contribution in [0.15, 0.2) is 12.4 Å². The minimum atomic E-state index is 0.498. The van der Waals surface area contributed by atoms with E-state index in [9.17, 15) is 0 Å². The van der Waals surface area contributed by atoms with Gasteiger partial charge in [0.2, 0.25) is 0 Å². The van der Waals surface area contributed by atoms with Crippen molar-refractivity contribution in [2.75, 3.05) is 5.75 Å². The van der Waals surface area contributed by atoms with E-state index in [-0.39, 0.29) is 0 Å². The van der Waals surface area contributed by atoms with Gasteiger partial charge in [0.25, 0.3) is 0 Å². The first kappa shape index (κ1) is 10.2. The van der Waals surface area contributed by atoms with Gasteiger partial charge in [0.05, 0.1) is 11.1 Å². The minimum absolute atomic E-state index is 0.498. The van der Waals surface area contributed by atoms with Crippen LogP contribution in [0.2, 0.25) is 0 Å². The van der Waals surface area contributed by atoms with Crippen LogP contribution in [0, 0.1) is 0 Å². The van der Waals surface area contributed by atoms with E-state index < -0.39 is 0 Å². The van der Waals surface area contributed by atoms with Crippen molar-refractivity contribution in [2.24, 2.45) is 0 Å². The summed E-state index contributed by atoms with van der Waals surface area (Å²) in [7, 11) is 0. The zero-order valence-electron chi connectivity index (χ0n) is 7.95. The molecular weight excluding hydrogens is 216 g/mol. The molecule has 1 aliphatic heterocycles. The summed E-state index contributed by atoms with van der Waals surface area (Å²) in [6.07, 6.45) is 7.53. The summed E-state index contributed by atoms with van der Waals surface area (Å²) in [5, 5.41) is 0.508. The molecule has 0 amide bonds. The quantitative estimate of drug-likeness (QED) is 0.728. The van der Waals surface area contributed by atoms with E-state index >= 15 is 0 Å². The first-order valence-electron chi connectivity index (χ1n) is 4.88. The smallest absolute Gasteiger partial charge is 0.141 e. The standard InChI is InChI=1S/C10H13ClN2S/c11-5-8-6-12-10(13-7-8)9-3-1-2-4-14-9/h6-7,9H,1-5H2. The molecule has 1 saturated heterocycles. The van der Waals surface area contributed by atoms with Gasteiger partial charge in [-0.1, -0.05) is 6.42 Å². The van der Waals surface area contributed by atoms with E-state index in [4.69, 9.17) is 11.6 Å². The average molecular weight is 229 g/mol. The number of rotatable bonds is 2. The molecule has 2 heterocycles. The lowest BCUT2D eigenvalue weighted by Crippen LogP contribution is -2.06. The molecule has 0 radical (unpaired) electrons. The Morgan fingerprint density at radius 3 is 2.71 bits per heavy atom. The van der Waals surface area contributed by atoms with Crippen molar-refractivity contribution < 1.29 is 0 Å². The molecule has 0 bridgehead atoms. The molecule has 1 aliphatic rings. The fourth-order valence-electron chi connectivity index (χ4n) is 1.54. The van der Waals surface area contributed by atoms with Crippen molar-refractivity contribution in [1.82, 2.24) is 9.97 Å². The second-order valence-electron chi connectivity index (χ2n) is 3.44. The number of hydrogen-bond acceptors (Lipinski definition) is 3. The van der Waals surface area contributed by atoms with Crippen LogP contribution < -0.4 is 0 Å². The molecule has 0 spiro atoms. The average Bonchev–Trinajstić information content (AvgIpc) is 2.30. The number of nitrogens with zero attached hydrogens (tertiary/aromatic N) is 2. The Kier molecular flexibility index (Phi) is 3.65. The highest BCUT2D eigenvalue weighted by Gasteiger charge is 2.18. The van der Waals surface area contributed by atoms with Gasteiger partial charge in [-0.2, -0.15) is 11.8 Å². The normalized spacial score (nSPS) is 22.2. The fourth-order valence-corrected chi connectivity index (χ4v) is 2.94. The molecule has 1 atom stereocenters. The van der Waals surface area contributed by atoms with Crippen LogP contribution in [0.4, 0.5) is 0 Å². The lowest BCUT2D eigenvalue weighted by atomic mass is 10.2. The van der Waals surface area contributed by atoms with Crippen LogP contribution >= 0.6 is 23.4 Å². The molecule has 1 aromatic heterocycles. The lowest BCUT2D eigenvalue weighted by Gasteiger charge is -2.19.